The number of hydrogen-bond acceptors (Lipinski definition) is 7. The molecule has 664 valence electrons. The first-order valence-corrected chi connectivity index (χ1v) is 49.4. The Bertz CT molecular complexity index is 9660. The normalized spacial score (nSPS) is 19.2. The smallest absolute Gasteiger partial charge is 0.231 e. The van der Waals surface area contributed by atoms with Crippen LogP contribution >= 0.6 is 0 Å². The standard InChI is InChI=1S/C133H83N5O4/c1-130-72-26-25-49-119(130)133(102-41-17-16-40-101(102)130)104-43-19-24-48-117(104)141-127-108(133)67-70-113-122(127)96-77-86(59-68-111(96)137(113)88-62-57-81-29-5-6-30-84(81)75-88)85-58-64-100-95(76-85)91-33-9-15-39-99(91)132(100)105-63-52-79(73-78-50-60-87(61-51-78)136-109-44-20-10-34-92(109)120-112(136)69-65-106-125(120)140-116-47-23-18-42-103(116)131(106)97-37-13-7-31-89(97)90-32-8-14-38-98(90)131)74-118(105)142-126-107(132)66-71-114-121(126)93-35-11-21-45-110(93)138(114)129-134-123(128-124(135-129)94-36-12-22-46-115(94)139-128)83-55-53-82(54-56-83)80-27-3-2-4-28-80/h2-72,74-77,114,119,121H,73H2,1H3. The van der Waals surface area contributed by atoms with Gasteiger partial charge >= 0.3 is 0 Å². The first kappa shape index (κ1) is 78.2. The van der Waals surface area contributed by atoms with Gasteiger partial charge in [-0.05, 0) is 209 Å². The van der Waals surface area contributed by atoms with E-state index in [1.165, 1.54) is 83.1 Å². The lowest BCUT2D eigenvalue weighted by Gasteiger charge is -2.45. The van der Waals surface area contributed by atoms with Gasteiger partial charge in [-0.25, -0.2) is 9.97 Å². The van der Waals surface area contributed by atoms with Crippen LogP contribution in [0.25, 0.3) is 144 Å². The van der Waals surface area contributed by atoms with E-state index in [1.807, 2.05) is 12.1 Å². The van der Waals surface area contributed by atoms with Crippen molar-refractivity contribution in [3.63, 3.8) is 0 Å². The molecule has 0 saturated carbocycles. The van der Waals surface area contributed by atoms with Crippen LogP contribution in [0.3, 0.4) is 0 Å². The number of anilines is 2. The number of aromatic nitrogens is 4. The lowest BCUT2D eigenvalue weighted by atomic mass is 9.59. The van der Waals surface area contributed by atoms with Crippen LogP contribution < -0.4 is 19.1 Å². The van der Waals surface area contributed by atoms with Crippen molar-refractivity contribution in [1.29, 1.82) is 0 Å². The van der Waals surface area contributed by atoms with Crippen molar-refractivity contribution in [1.82, 2.24) is 19.1 Å². The highest BCUT2D eigenvalue weighted by Crippen LogP contribution is 2.71. The highest BCUT2D eigenvalue weighted by Gasteiger charge is 2.63. The van der Waals surface area contributed by atoms with Crippen LogP contribution in [0.4, 0.5) is 11.6 Å². The second-order valence-electron chi connectivity index (χ2n) is 40.0. The van der Waals surface area contributed by atoms with Gasteiger partial charge in [-0.2, -0.15) is 0 Å². The average molecular weight is 1820 g/mol. The molecule has 3 spiro atoms. The van der Waals surface area contributed by atoms with Crippen LogP contribution in [-0.2, 0) is 28.1 Å². The summed E-state index contributed by atoms with van der Waals surface area (Å²) in [6.45, 7) is 2.44. The van der Waals surface area contributed by atoms with Crippen LogP contribution in [0.2, 0.25) is 0 Å². The topological polar surface area (TPSA) is 79.7 Å². The van der Waals surface area contributed by atoms with Crippen molar-refractivity contribution in [3.8, 4) is 95.9 Å². The van der Waals surface area contributed by atoms with E-state index >= 15 is 0 Å². The van der Waals surface area contributed by atoms with Crippen LogP contribution in [-0.4, -0.2) is 25.1 Å². The number of nitrogens with zero attached hydrogens (tertiary/aromatic N) is 5. The van der Waals surface area contributed by atoms with Crippen molar-refractivity contribution in [2.75, 3.05) is 4.90 Å². The van der Waals surface area contributed by atoms with Crippen molar-refractivity contribution in [2.24, 2.45) is 5.92 Å². The fraction of sp³-hybridized carbons (Fsp3) is 0.0677. The molecular formula is C133H83N5O4. The molecule has 8 heterocycles. The molecule has 23 aromatic rings. The van der Waals surface area contributed by atoms with Gasteiger partial charge < -0.3 is 32.7 Å². The largest absolute Gasteiger partial charge is 0.460 e. The van der Waals surface area contributed by atoms with E-state index in [1.54, 1.807) is 0 Å². The van der Waals surface area contributed by atoms with Crippen molar-refractivity contribution in [3.05, 3.63) is 544 Å². The SMILES string of the molecule is CC12C=CC=CC1C1(c3ccccc3Oc3c1ccc1c3c3cc(-c4ccc5c(c4)-c4ccccc4C54C5=C(Oc6cc(Cc7ccc(-n8c9ccccc9c9c%10c(ccc98)C8(c9ccccc9O%10)c9ccccc9-c9ccccc98)cc7)ccc64)C4c6ccccc6N(c6nc(-c7ccc(-c8ccccc8)cc7)c7oc8ccccc8c7n6)C4C=C5)ccc3n1-c1ccc3ccccc3c1)c1ccccc12. The summed E-state index contributed by atoms with van der Waals surface area (Å²) in [4.78, 5) is 13.8. The Hall–Kier alpha value is -17.9. The first-order chi connectivity index (χ1) is 70.2. The zero-order valence-electron chi connectivity index (χ0n) is 77.1. The molecule has 9 aliphatic rings. The lowest BCUT2D eigenvalue weighted by Crippen LogP contribution is -2.42. The summed E-state index contributed by atoms with van der Waals surface area (Å²) in [5.41, 5.74) is 36.2. The summed E-state index contributed by atoms with van der Waals surface area (Å²) in [5, 5.41) is 7.73. The molecule has 32 rings (SSSR count). The third kappa shape index (κ3) is 10.2. The molecule has 0 saturated heterocycles. The number of ether oxygens (including phenoxy) is 3. The van der Waals surface area contributed by atoms with E-state index in [9.17, 15) is 0 Å². The molecule has 4 aliphatic heterocycles. The van der Waals surface area contributed by atoms with Crippen LogP contribution in [0.15, 0.2) is 471 Å². The fourth-order valence-electron chi connectivity index (χ4n) is 27.5. The summed E-state index contributed by atoms with van der Waals surface area (Å²) in [6.07, 6.45) is 14.9. The molecule has 0 bridgehead atoms. The molecule has 9 heteroatoms. The van der Waals surface area contributed by atoms with Gasteiger partial charge in [0.25, 0.3) is 0 Å². The first-order valence-electron chi connectivity index (χ1n) is 49.4. The van der Waals surface area contributed by atoms with E-state index in [2.05, 4.69) is 464 Å². The van der Waals surface area contributed by atoms with Crippen molar-refractivity contribution in [2.45, 2.75) is 47.0 Å². The van der Waals surface area contributed by atoms with Gasteiger partial charge in [-0.15, -0.1) is 0 Å². The number of furan rings is 1. The minimum Gasteiger partial charge on any atom is -0.460 e. The summed E-state index contributed by atoms with van der Waals surface area (Å²) in [6, 6.07) is 155. The Morgan fingerprint density at radius 3 is 1.70 bits per heavy atom. The molecule has 0 N–H and O–H groups in total. The molecule has 6 unspecified atom stereocenters. The maximum Gasteiger partial charge on any atom is 0.231 e. The van der Waals surface area contributed by atoms with E-state index in [0.29, 0.717) is 18.0 Å². The molecule has 4 aromatic heterocycles. The Labute approximate surface area is 818 Å². The van der Waals surface area contributed by atoms with Gasteiger partial charge in [0.2, 0.25) is 5.95 Å². The van der Waals surface area contributed by atoms with Gasteiger partial charge in [-0.1, -0.05) is 365 Å². The number of para-hydroxylation sites is 5. The van der Waals surface area contributed by atoms with E-state index in [0.717, 1.165) is 179 Å². The maximum atomic E-state index is 8.09. The zero-order chi connectivity index (χ0) is 92.7. The molecule has 142 heavy (non-hydrogen) atoms. The second kappa shape index (κ2) is 28.6. The molecule has 0 radical (unpaired) electrons. The predicted octanol–water partition coefficient (Wildman–Crippen LogP) is 32.1. The van der Waals surface area contributed by atoms with Crippen molar-refractivity contribution < 1.29 is 18.6 Å². The number of hydrogen-bond donors (Lipinski definition) is 0. The van der Waals surface area contributed by atoms with Gasteiger partial charge in [0.15, 0.2) is 5.58 Å². The molecule has 0 amide bonds. The number of allylic oxidation sites excluding steroid dienone is 6. The third-order valence-corrected chi connectivity index (χ3v) is 33.3. The third-order valence-electron chi connectivity index (χ3n) is 33.3. The Balaban J connectivity index is 0.561. The van der Waals surface area contributed by atoms with Crippen LogP contribution in [0, 0.1) is 5.92 Å². The number of benzene rings is 19. The van der Waals surface area contributed by atoms with Gasteiger partial charge in [0, 0.05) is 83.5 Å². The van der Waals surface area contributed by atoms with Gasteiger partial charge in [-0.3, -0.25) is 0 Å². The average Bonchev–Trinajstić information content (AvgIpc) is 1.50. The van der Waals surface area contributed by atoms with Gasteiger partial charge in [0.05, 0.1) is 61.0 Å². The van der Waals surface area contributed by atoms with E-state index < -0.39 is 16.2 Å². The van der Waals surface area contributed by atoms with Crippen LogP contribution in [0.5, 0.6) is 28.7 Å². The molecule has 6 atom stereocenters. The molecule has 9 nitrogen and oxygen atoms in total. The minimum atomic E-state index is -0.873. The summed E-state index contributed by atoms with van der Waals surface area (Å²) in [5.74, 6) is 5.57. The second-order valence-corrected chi connectivity index (χ2v) is 40.0. The summed E-state index contributed by atoms with van der Waals surface area (Å²) < 4.78 is 34.9. The van der Waals surface area contributed by atoms with E-state index in [-0.39, 0.29) is 23.3 Å². The quantitative estimate of drug-likeness (QED) is 0.150. The highest BCUT2D eigenvalue weighted by molar-refractivity contribution is 6.17. The summed E-state index contributed by atoms with van der Waals surface area (Å²) in [7, 11) is 0. The van der Waals surface area contributed by atoms with Crippen molar-refractivity contribution >= 4 is 88.1 Å². The highest BCUT2D eigenvalue weighted by atomic mass is 16.5. The molecule has 5 aliphatic carbocycles. The minimum absolute atomic E-state index is 0.0546. The molecule has 19 aromatic carbocycles. The Kier molecular flexibility index (Phi) is 15.8. The molecular weight excluding hydrogens is 1730 g/mol. The number of rotatable bonds is 8. The fourth-order valence-corrected chi connectivity index (χ4v) is 27.5. The Morgan fingerprint density at radius 1 is 0.345 bits per heavy atom. The summed E-state index contributed by atoms with van der Waals surface area (Å²) >= 11 is 0. The van der Waals surface area contributed by atoms with Crippen LogP contribution in [0.1, 0.15) is 90.7 Å². The lowest BCUT2D eigenvalue weighted by molar-refractivity contribution is 0.331. The van der Waals surface area contributed by atoms with Gasteiger partial charge in [0.1, 0.15) is 51.3 Å². The molecule has 0 fully saturated rings. The predicted molar refractivity (Wildman–Crippen MR) is 570 cm³/mol. The maximum absolute atomic E-state index is 8.09. The monoisotopic (exact) mass is 1810 g/mol. The number of fused-ring (bicyclic) bond motifs is 42. The Morgan fingerprint density at radius 2 is 0.901 bits per heavy atom. The zero-order valence-corrected chi connectivity index (χ0v) is 77.1. The van der Waals surface area contributed by atoms with E-state index in [4.69, 9.17) is 28.6 Å².